The first-order valence-corrected chi connectivity index (χ1v) is 11.8. The first-order chi connectivity index (χ1) is 2.56. The Hall–Kier alpha value is 0.759. The van der Waals surface area contributed by atoms with Crippen molar-refractivity contribution >= 4 is 18.8 Å². The fraction of sp³-hybridized carbons (Fsp3) is 1.00. The van der Waals surface area contributed by atoms with Crippen LogP contribution in [0.2, 0.25) is 14.8 Å². The molecule has 1 nitrogen and oxygen atoms in total. The predicted molar refractivity (Wildman–Crippen MR) is 30.4 cm³/mol. The average Bonchev–Trinajstić information content (AvgIpc) is 1.35. The Kier molecular flexibility index (Phi) is 2.44. The van der Waals surface area contributed by atoms with E-state index in [2.05, 4.69) is 14.8 Å². The second-order valence-corrected chi connectivity index (χ2v) is 15.5. The Morgan fingerprint density at radius 1 is 1.17 bits per heavy atom. The molecule has 2 heteroatoms. The quantitative estimate of drug-likeness (QED) is 0.575. The summed E-state index contributed by atoms with van der Waals surface area (Å²) >= 11 is -1.73. The van der Waals surface area contributed by atoms with Crippen molar-refractivity contribution in [2.24, 2.45) is 0 Å². The molecule has 0 radical (unpaired) electrons. The summed E-state index contributed by atoms with van der Waals surface area (Å²) in [4.78, 5) is 6.69. The van der Waals surface area contributed by atoms with Crippen LogP contribution in [0.15, 0.2) is 0 Å². The second-order valence-electron chi connectivity index (χ2n) is 2.32. The van der Waals surface area contributed by atoms with Gasteiger partial charge in [-0.15, -0.1) is 0 Å². The molecular weight excluding hydrogens is 183 g/mol. The van der Waals surface area contributed by atoms with Crippen LogP contribution in [0.5, 0.6) is 0 Å². The zero-order valence-corrected chi connectivity index (χ0v) is 7.76. The van der Waals surface area contributed by atoms with Gasteiger partial charge in [-0.1, -0.05) is 0 Å². The Labute approximate surface area is 44.1 Å². The molecule has 0 N–H and O–H groups in total. The van der Waals surface area contributed by atoms with Gasteiger partial charge in [-0.05, 0) is 0 Å². The molecule has 6 heavy (non-hydrogen) atoms. The standard InChI is InChI=1S/CH3O.3CH3.Sn/c1-2;;;;/h1H3;3*1H3;/q-1;;;;+1. The fourth-order valence-electron chi connectivity index (χ4n) is 0. The molecule has 0 fully saturated rings. The Bertz CT molecular complexity index is 37.3. The van der Waals surface area contributed by atoms with Gasteiger partial charge in [-0.3, -0.25) is 0 Å². The molecular formula is C4H12OSn. The topological polar surface area (TPSA) is 9.23 Å². The van der Waals surface area contributed by atoms with Crippen LogP contribution >= 0.6 is 0 Å². The van der Waals surface area contributed by atoms with Crippen molar-refractivity contribution in [1.29, 1.82) is 0 Å². The van der Waals surface area contributed by atoms with Crippen molar-refractivity contribution in [3.63, 3.8) is 0 Å². The van der Waals surface area contributed by atoms with Crippen molar-refractivity contribution in [3.8, 4) is 0 Å². The summed E-state index contributed by atoms with van der Waals surface area (Å²) in [5.41, 5.74) is 0. The van der Waals surface area contributed by atoms with Gasteiger partial charge in [0.1, 0.15) is 0 Å². The first kappa shape index (κ1) is 6.76. The zero-order chi connectivity index (χ0) is 5.21. The van der Waals surface area contributed by atoms with Gasteiger partial charge in [0, 0.05) is 0 Å². The SMILES string of the molecule is C[O][Sn]([CH3])([CH3])[CH3]. The molecule has 0 atom stereocenters. The van der Waals surface area contributed by atoms with Gasteiger partial charge in [0.05, 0.1) is 0 Å². The summed E-state index contributed by atoms with van der Waals surface area (Å²) in [6.45, 7) is 0. The third-order valence-electron chi connectivity index (χ3n) is 0.612. The first-order valence-electron chi connectivity index (χ1n) is 2.11. The maximum absolute atomic E-state index is 5.15. The number of hydrogen-bond donors (Lipinski definition) is 0. The van der Waals surface area contributed by atoms with Gasteiger partial charge >= 0.3 is 43.8 Å². The summed E-state index contributed by atoms with van der Waals surface area (Å²) in [6.07, 6.45) is 0. The molecule has 0 aromatic carbocycles. The van der Waals surface area contributed by atoms with Crippen molar-refractivity contribution < 1.29 is 3.07 Å². The van der Waals surface area contributed by atoms with Gasteiger partial charge in [-0.25, -0.2) is 0 Å². The van der Waals surface area contributed by atoms with Crippen LogP contribution in [0, 0.1) is 0 Å². The molecule has 0 unspecified atom stereocenters. The van der Waals surface area contributed by atoms with E-state index in [0.717, 1.165) is 0 Å². The van der Waals surface area contributed by atoms with Crippen LogP contribution in [0.3, 0.4) is 0 Å². The van der Waals surface area contributed by atoms with Gasteiger partial charge in [0.2, 0.25) is 0 Å². The van der Waals surface area contributed by atoms with Crippen LogP contribution in [-0.4, -0.2) is 25.9 Å². The summed E-state index contributed by atoms with van der Waals surface area (Å²) in [5, 5.41) is 0. The molecule has 0 bridgehead atoms. The van der Waals surface area contributed by atoms with E-state index in [1.807, 2.05) is 0 Å². The molecule has 0 aliphatic carbocycles. The summed E-state index contributed by atoms with van der Waals surface area (Å²) in [5.74, 6) is 0. The minimum atomic E-state index is -1.73. The van der Waals surface area contributed by atoms with E-state index in [9.17, 15) is 0 Å². The van der Waals surface area contributed by atoms with Gasteiger partial charge in [0.25, 0.3) is 0 Å². The van der Waals surface area contributed by atoms with Crippen LogP contribution in [0.4, 0.5) is 0 Å². The molecule has 0 saturated carbocycles. The van der Waals surface area contributed by atoms with Crippen LogP contribution in [-0.2, 0) is 3.07 Å². The van der Waals surface area contributed by atoms with E-state index >= 15 is 0 Å². The molecule has 0 aliphatic rings. The van der Waals surface area contributed by atoms with E-state index in [0.29, 0.717) is 0 Å². The minimum absolute atomic E-state index is 1.73. The monoisotopic (exact) mass is 196 g/mol. The molecule has 0 saturated heterocycles. The summed E-state index contributed by atoms with van der Waals surface area (Å²) in [6, 6.07) is 0. The van der Waals surface area contributed by atoms with E-state index in [1.54, 1.807) is 7.11 Å². The van der Waals surface area contributed by atoms with Crippen molar-refractivity contribution in [3.05, 3.63) is 0 Å². The van der Waals surface area contributed by atoms with Gasteiger partial charge in [0.15, 0.2) is 0 Å². The maximum atomic E-state index is 5.15. The molecule has 38 valence electrons. The Morgan fingerprint density at radius 3 is 1.33 bits per heavy atom. The third kappa shape index (κ3) is 4.76. The van der Waals surface area contributed by atoms with Crippen LogP contribution < -0.4 is 0 Å². The molecule has 0 aromatic rings. The van der Waals surface area contributed by atoms with Crippen molar-refractivity contribution in [2.45, 2.75) is 14.8 Å². The fourth-order valence-corrected chi connectivity index (χ4v) is 0. The summed E-state index contributed by atoms with van der Waals surface area (Å²) in [7, 11) is 1.80. The third-order valence-corrected chi connectivity index (χ3v) is 4.11. The molecule has 0 rings (SSSR count). The van der Waals surface area contributed by atoms with E-state index in [-0.39, 0.29) is 0 Å². The van der Waals surface area contributed by atoms with E-state index < -0.39 is 18.8 Å². The number of rotatable bonds is 1. The second kappa shape index (κ2) is 2.17. The van der Waals surface area contributed by atoms with Crippen LogP contribution in [0.25, 0.3) is 0 Å². The van der Waals surface area contributed by atoms with E-state index in [1.165, 1.54) is 0 Å². The zero-order valence-electron chi connectivity index (χ0n) is 4.91. The van der Waals surface area contributed by atoms with Gasteiger partial charge in [-0.2, -0.15) is 0 Å². The molecule has 0 spiro atoms. The van der Waals surface area contributed by atoms with Gasteiger partial charge < -0.3 is 0 Å². The predicted octanol–water partition coefficient (Wildman–Crippen LogP) is 1.47. The molecule has 0 amide bonds. The van der Waals surface area contributed by atoms with E-state index in [4.69, 9.17) is 3.07 Å². The van der Waals surface area contributed by atoms with Crippen molar-refractivity contribution in [1.82, 2.24) is 0 Å². The Morgan fingerprint density at radius 2 is 1.33 bits per heavy atom. The average molecular weight is 195 g/mol. The summed E-state index contributed by atoms with van der Waals surface area (Å²) < 4.78 is 5.15. The Balaban J connectivity index is 3.17. The molecule has 0 aliphatic heterocycles. The molecule has 0 heterocycles. The van der Waals surface area contributed by atoms with Crippen molar-refractivity contribution in [2.75, 3.05) is 7.11 Å². The number of hydrogen-bond acceptors (Lipinski definition) is 1. The molecule has 0 aromatic heterocycles. The van der Waals surface area contributed by atoms with Crippen LogP contribution in [0.1, 0.15) is 0 Å². The normalized spacial score (nSPS) is 12.0.